The van der Waals surface area contributed by atoms with Gasteiger partial charge in [0.25, 0.3) is 0 Å². The van der Waals surface area contributed by atoms with Gasteiger partial charge in [0.05, 0.1) is 0 Å². The van der Waals surface area contributed by atoms with Crippen LogP contribution in [0.25, 0.3) is 0 Å². The molecule has 0 aromatic carbocycles. The van der Waals surface area contributed by atoms with Crippen LogP contribution in [0.3, 0.4) is 0 Å². The quantitative estimate of drug-likeness (QED) is 0.0543. The van der Waals surface area contributed by atoms with Gasteiger partial charge in [-0.3, -0.25) is 0 Å². The van der Waals surface area contributed by atoms with Gasteiger partial charge in [-0.1, -0.05) is 100 Å². The average Bonchev–Trinajstić information content (AvgIpc) is 2.75. The van der Waals surface area contributed by atoms with Crippen molar-refractivity contribution < 1.29 is 65.9 Å². The molecule has 0 nitrogen and oxygen atoms in total. The minimum atomic E-state index is -8.22. The van der Waals surface area contributed by atoms with Crippen molar-refractivity contribution in [1.29, 1.82) is 0 Å². The molecule has 1 atom stereocenters. The first-order valence-corrected chi connectivity index (χ1v) is 13.2. The van der Waals surface area contributed by atoms with Crippen LogP contribution >= 0.6 is 22.6 Å². The Balaban J connectivity index is 5.12. The normalized spacial score (nSPS) is 15.7. The zero-order valence-corrected chi connectivity index (χ0v) is 22.5. The highest BCUT2D eigenvalue weighted by atomic mass is 127. The summed E-state index contributed by atoms with van der Waals surface area (Å²) >= 11 is 1.12. The molecule has 0 heterocycles. The van der Waals surface area contributed by atoms with Gasteiger partial charge in [-0.2, -0.15) is 65.9 Å². The van der Waals surface area contributed by atoms with Crippen molar-refractivity contribution in [3.63, 3.8) is 0 Å². The topological polar surface area (TPSA) is 0 Å². The molecule has 0 amide bonds. The molecule has 16 heteroatoms. The molecule has 0 saturated carbocycles. The standard InChI is InChI=1S/C22H30F15I/c1-2-3-4-5-6-7-8-9-10-11-12-13-15(38)14-16(23,24)17(25,26)18(27,28)19(29,30)20(31,32)21(33,34)22(35,36)37/h15H,2-14H2,1H3. The van der Waals surface area contributed by atoms with E-state index in [4.69, 9.17) is 0 Å². The number of unbranched alkanes of at least 4 members (excludes halogenated alkanes) is 10. The van der Waals surface area contributed by atoms with Crippen molar-refractivity contribution in [3.05, 3.63) is 0 Å². The summed E-state index contributed by atoms with van der Waals surface area (Å²) < 4.78 is 197. The van der Waals surface area contributed by atoms with Gasteiger partial charge in [0.1, 0.15) is 0 Å². The van der Waals surface area contributed by atoms with E-state index in [9.17, 15) is 65.9 Å². The monoisotopic (exact) mass is 706 g/mol. The van der Waals surface area contributed by atoms with E-state index in [1.807, 2.05) is 0 Å². The Morgan fingerprint density at radius 2 is 0.763 bits per heavy atom. The summed E-state index contributed by atoms with van der Waals surface area (Å²) in [6.07, 6.45) is -0.729. The molecular formula is C22H30F15I. The first kappa shape index (κ1) is 37.7. The Morgan fingerprint density at radius 3 is 1.13 bits per heavy atom. The number of rotatable bonds is 19. The van der Waals surface area contributed by atoms with E-state index < -0.39 is 52.1 Å². The van der Waals surface area contributed by atoms with Crippen molar-refractivity contribution in [2.24, 2.45) is 0 Å². The summed E-state index contributed by atoms with van der Waals surface area (Å²) in [5, 5.41) is 0. The van der Waals surface area contributed by atoms with Crippen LogP contribution in [0.5, 0.6) is 0 Å². The molecule has 0 saturated heterocycles. The first-order chi connectivity index (χ1) is 17.0. The molecule has 1 unspecified atom stereocenters. The van der Waals surface area contributed by atoms with Crippen molar-refractivity contribution in [1.82, 2.24) is 0 Å². The number of hydrogen-bond donors (Lipinski definition) is 0. The van der Waals surface area contributed by atoms with Gasteiger partial charge in [-0.05, 0) is 6.42 Å². The lowest BCUT2D eigenvalue weighted by atomic mass is 9.89. The molecule has 0 aromatic heterocycles. The lowest BCUT2D eigenvalue weighted by Gasteiger charge is -2.41. The second-order valence-electron chi connectivity index (χ2n) is 9.20. The van der Waals surface area contributed by atoms with Gasteiger partial charge in [0, 0.05) is 10.3 Å². The lowest BCUT2D eigenvalue weighted by Crippen LogP contribution is -2.72. The second kappa shape index (κ2) is 14.0. The van der Waals surface area contributed by atoms with Crippen LogP contribution in [-0.4, -0.2) is 45.6 Å². The van der Waals surface area contributed by atoms with Gasteiger partial charge in [-0.15, -0.1) is 0 Å². The third-order valence-electron chi connectivity index (χ3n) is 5.99. The third kappa shape index (κ3) is 8.35. The summed E-state index contributed by atoms with van der Waals surface area (Å²) in [5.74, 6) is -45.9. The van der Waals surface area contributed by atoms with Crippen LogP contribution in [0.15, 0.2) is 0 Å². The summed E-state index contributed by atoms with van der Waals surface area (Å²) in [6, 6.07) is 0. The predicted octanol–water partition coefficient (Wildman–Crippen LogP) is 11.3. The number of halogens is 16. The largest absolute Gasteiger partial charge is 0.460 e. The molecule has 230 valence electrons. The summed E-state index contributed by atoms with van der Waals surface area (Å²) in [4.78, 5) is 0. The molecule has 0 aliphatic carbocycles. The highest BCUT2D eigenvalue weighted by Crippen LogP contribution is 2.62. The highest BCUT2D eigenvalue weighted by molar-refractivity contribution is 14.1. The maximum Gasteiger partial charge on any atom is 0.460 e. The molecule has 0 aliphatic rings. The molecule has 0 aliphatic heterocycles. The zero-order valence-electron chi connectivity index (χ0n) is 20.3. The van der Waals surface area contributed by atoms with Crippen molar-refractivity contribution in [2.75, 3.05) is 0 Å². The number of hydrogen-bond acceptors (Lipinski definition) is 0. The number of alkyl halides is 16. The molecule has 0 radical (unpaired) electrons. The maximum atomic E-state index is 14.0. The Hall–Kier alpha value is -0.320. The van der Waals surface area contributed by atoms with Gasteiger partial charge >= 0.3 is 41.7 Å². The third-order valence-corrected chi connectivity index (χ3v) is 7.05. The van der Waals surface area contributed by atoms with E-state index in [2.05, 4.69) is 6.92 Å². The van der Waals surface area contributed by atoms with E-state index in [1.165, 1.54) is 0 Å². The van der Waals surface area contributed by atoms with Gasteiger partial charge < -0.3 is 0 Å². The van der Waals surface area contributed by atoms with Crippen LogP contribution in [0.4, 0.5) is 65.9 Å². The van der Waals surface area contributed by atoms with Gasteiger partial charge in [0.2, 0.25) is 0 Å². The van der Waals surface area contributed by atoms with E-state index in [0.29, 0.717) is 12.8 Å². The van der Waals surface area contributed by atoms with Crippen molar-refractivity contribution in [3.8, 4) is 0 Å². The van der Waals surface area contributed by atoms with Crippen LogP contribution in [0, 0.1) is 0 Å². The maximum absolute atomic E-state index is 14.0. The highest BCUT2D eigenvalue weighted by Gasteiger charge is 2.93. The van der Waals surface area contributed by atoms with E-state index in [-0.39, 0.29) is 12.8 Å². The fraction of sp³-hybridized carbons (Fsp3) is 1.00. The average molecular weight is 706 g/mol. The van der Waals surface area contributed by atoms with Crippen LogP contribution in [0.1, 0.15) is 90.4 Å². The Morgan fingerprint density at radius 1 is 0.447 bits per heavy atom. The minimum Gasteiger partial charge on any atom is -0.200 e. The Kier molecular flexibility index (Phi) is 13.9. The molecule has 0 aromatic rings. The summed E-state index contributed by atoms with van der Waals surface area (Å²) in [6.45, 7) is 2.08. The van der Waals surface area contributed by atoms with E-state index >= 15 is 0 Å². The molecular weight excluding hydrogens is 676 g/mol. The van der Waals surface area contributed by atoms with Crippen LogP contribution < -0.4 is 0 Å². The second-order valence-corrected chi connectivity index (χ2v) is 11.0. The van der Waals surface area contributed by atoms with E-state index in [1.54, 1.807) is 0 Å². The smallest absolute Gasteiger partial charge is 0.200 e. The molecule has 38 heavy (non-hydrogen) atoms. The fourth-order valence-corrected chi connectivity index (χ4v) is 4.53. The van der Waals surface area contributed by atoms with Gasteiger partial charge in [-0.25, -0.2) is 0 Å². The zero-order chi connectivity index (χ0) is 30.3. The Bertz CT molecular complexity index is 689. The van der Waals surface area contributed by atoms with Crippen LogP contribution in [-0.2, 0) is 0 Å². The van der Waals surface area contributed by atoms with Gasteiger partial charge in [0.15, 0.2) is 0 Å². The van der Waals surface area contributed by atoms with Crippen molar-refractivity contribution in [2.45, 2.75) is 136 Å². The first-order valence-electron chi connectivity index (χ1n) is 11.9. The van der Waals surface area contributed by atoms with Crippen molar-refractivity contribution >= 4 is 22.6 Å². The SMILES string of the molecule is CCCCCCCCCCCCCC(I)CC(F)(F)C(F)(F)C(F)(F)C(F)(F)C(F)(F)C(F)(F)C(F)(F)F. The van der Waals surface area contributed by atoms with Crippen LogP contribution in [0.2, 0.25) is 0 Å². The minimum absolute atomic E-state index is 0.147. The molecule has 0 bridgehead atoms. The summed E-state index contributed by atoms with van der Waals surface area (Å²) in [7, 11) is 0. The molecule has 0 fully saturated rings. The fourth-order valence-electron chi connectivity index (χ4n) is 3.54. The molecule has 0 rings (SSSR count). The predicted molar refractivity (Wildman–Crippen MR) is 119 cm³/mol. The summed E-state index contributed by atoms with van der Waals surface area (Å²) in [5.41, 5.74) is 0. The lowest BCUT2D eigenvalue weighted by molar-refractivity contribution is -0.452. The molecule has 0 spiro atoms. The molecule has 0 N–H and O–H groups in total. The Labute approximate surface area is 224 Å². The van der Waals surface area contributed by atoms with E-state index in [0.717, 1.165) is 74.0 Å².